The smallest absolute Gasteiger partial charge is 0.319 e. The highest BCUT2D eigenvalue weighted by atomic mass is 32.1. The first-order valence-electron chi connectivity index (χ1n) is 10.4. The van der Waals surface area contributed by atoms with Crippen LogP contribution in [-0.4, -0.2) is 39.7 Å². The van der Waals surface area contributed by atoms with Crippen molar-refractivity contribution in [2.24, 2.45) is 0 Å². The van der Waals surface area contributed by atoms with E-state index in [0.29, 0.717) is 28.5 Å². The molecule has 6 aromatic rings. The molecule has 0 radical (unpaired) electrons. The Morgan fingerprint density at radius 2 is 2.00 bits per heavy atom. The van der Waals surface area contributed by atoms with Gasteiger partial charge in [-0.15, -0.1) is 11.3 Å². The van der Waals surface area contributed by atoms with E-state index in [2.05, 4.69) is 34.7 Å². The molecule has 35 heavy (non-hydrogen) atoms. The first kappa shape index (κ1) is 19.9. The minimum atomic E-state index is -1.18. The molecule has 0 spiro atoms. The van der Waals surface area contributed by atoms with E-state index in [1.54, 1.807) is 37.1 Å². The van der Waals surface area contributed by atoms with Crippen LogP contribution in [-0.2, 0) is 5.54 Å². The Kier molecular flexibility index (Phi) is 4.43. The number of anilines is 3. The third kappa shape index (κ3) is 2.79. The Labute approximate surface area is 204 Å². The molecule has 15 heteroatoms. The maximum Gasteiger partial charge on any atom is 0.319 e. The Balaban J connectivity index is 1.63. The number of H-pyrrole nitrogens is 2. The summed E-state index contributed by atoms with van der Waals surface area (Å²) in [6, 6.07) is 5.36. The monoisotopic (exact) mass is 505 g/mol. The molecular formula is C20H15N11O2S2. The molecule has 2 N–H and O–H groups in total. The number of thiazole rings is 1. The molecular weight excluding hydrogens is 490 g/mol. The third-order valence-electron chi connectivity index (χ3n) is 5.72. The lowest BCUT2D eigenvalue weighted by Crippen LogP contribution is -2.53. The second-order valence-corrected chi connectivity index (χ2v) is 8.97. The summed E-state index contributed by atoms with van der Waals surface area (Å²) in [7, 11) is 0. The zero-order valence-electron chi connectivity index (χ0n) is 17.7. The van der Waals surface area contributed by atoms with E-state index in [0.717, 1.165) is 5.69 Å². The van der Waals surface area contributed by atoms with Crippen LogP contribution in [0.5, 0.6) is 0 Å². The van der Waals surface area contributed by atoms with Crippen LogP contribution in [0.1, 0.15) is 23.3 Å². The van der Waals surface area contributed by atoms with Crippen molar-refractivity contribution >= 4 is 39.8 Å². The van der Waals surface area contributed by atoms with Gasteiger partial charge in [0, 0.05) is 41.6 Å². The van der Waals surface area contributed by atoms with E-state index in [9.17, 15) is 0 Å². The SMILES string of the molecule is c1cc(C2N(c3nccs3)N(c3ccsn3)N(c3ncco3)C2(c2ccon2)c2ncc[nH]2)[nH]n1. The van der Waals surface area contributed by atoms with E-state index < -0.39 is 11.6 Å². The number of hydrogen-bond donors (Lipinski definition) is 2. The number of aromatic amines is 2. The molecule has 2 atom stereocenters. The van der Waals surface area contributed by atoms with E-state index in [1.807, 2.05) is 38.0 Å². The van der Waals surface area contributed by atoms with Crippen molar-refractivity contribution < 1.29 is 8.94 Å². The number of hydrazine groups is 2. The van der Waals surface area contributed by atoms with Gasteiger partial charge in [-0.25, -0.2) is 20.0 Å². The molecule has 2 unspecified atom stereocenters. The second kappa shape index (κ2) is 7.78. The van der Waals surface area contributed by atoms with Crippen LogP contribution < -0.4 is 15.1 Å². The number of imidazole rings is 1. The fourth-order valence-electron chi connectivity index (χ4n) is 4.50. The van der Waals surface area contributed by atoms with E-state index in [1.165, 1.54) is 35.4 Å². The number of aromatic nitrogens is 8. The van der Waals surface area contributed by atoms with Crippen LogP contribution >= 0.6 is 22.9 Å². The molecule has 13 nitrogen and oxygen atoms in total. The van der Waals surface area contributed by atoms with Gasteiger partial charge in [-0.1, -0.05) is 5.16 Å². The summed E-state index contributed by atoms with van der Waals surface area (Å²) < 4.78 is 15.9. The number of oxazole rings is 1. The van der Waals surface area contributed by atoms with E-state index >= 15 is 0 Å². The van der Waals surface area contributed by atoms with Crippen LogP contribution in [0.25, 0.3) is 0 Å². The van der Waals surface area contributed by atoms with Gasteiger partial charge in [-0.3, -0.25) is 5.10 Å². The summed E-state index contributed by atoms with van der Waals surface area (Å²) in [6.07, 6.45) is 11.5. The van der Waals surface area contributed by atoms with Crippen LogP contribution in [0.2, 0.25) is 0 Å². The van der Waals surface area contributed by atoms with Gasteiger partial charge in [0.25, 0.3) is 0 Å². The Bertz CT molecular complexity index is 1350. The quantitative estimate of drug-likeness (QED) is 0.343. The van der Waals surface area contributed by atoms with Crippen molar-refractivity contribution in [2.45, 2.75) is 11.6 Å². The summed E-state index contributed by atoms with van der Waals surface area (Å²) in [5.41, 5.74) is 0.154. The van der Waals surface area contributed by atoms with Crippen molar-refractivity contribution in [3.05, 3.63) is 89.7 Å². The lowest BCUT2D eigenvalue weighted by Gasteiger charge is -2.36. The maximum atomic E-state index is 5.91. The topological polar surface area (TPSA) is 145 Å². The third-order valence-corrected chi connectivity index (χ3v) is 7.03. The molecule has 1 aliphatic heterocycles. The summed E-state index contributed by atoms with van der Waals surface area (Å²) in [5, 5.41) is 22.1. The van der Waals surface area contributed by atoms with Crippen molar-refractivity contribution in [3.63, 3.8) is 0 Å². The molecule has 7 rings (SSSR count). The largest absolute Gasteiger partial charge is 0.431 e. The van der Waals surface area contributed by atoms with Crippen molar-refractivity contribution in [2.75, 3.05) is 15.1 Å². The normalized spacial score (nSPS) is 20.2. The van der Waals surface area contributed by atoms with Gasteiger partial charge in [0.15, 0.2) is 11.4 Å². The standard InChI is InChI=1S/C20H15N11O2S2/c1-4-25-26-13(1)16-20(14-2-9-33-27-14,17-21-5-6-22-17)30(18-23-7-10-32-18)31(15-3-11-35-28-15)29(16)19-24-8-12-34-19/h1-12,16H,(H,21,22)(H,25,26). The molecule has 6 aromatic heterocycles. The lowest BCUT2D eigenvalue weighted by molar-refractivity contribution is 0.353. The Morgan fingerprint density at radius 3 is 2.66 bits per heavy atom. The number of rotatable bonds is 6. The van der Waals surface area contributed by atoms with Crippen LogP contribution in [0.4, 0.5) is 17.0 Å². The molecule has 174 valence electrons. The Hall–Kier alpha value is -4.50. The molecule has 1 aliphatic rings. The van der Waals surface area contributed by atoms with Gasteiger partial charge >= 0.3 is 6.01 Å². The maximum absolute atomic E-state index is 5.91. The first-order valence-corrected chi connectivity index (χ1v) is 12.1. The molecule has 0 bridgehead atoms. The number of nitrogens with zero attached hydrogens (tertiary/aromatic N) is 9. The Morgan fingerprint density at radius 1 is 1.00 bits per heavy atom. The summed E-state index contributed by atoms with van der Waals surface area (Å²) in [5.74, 6) is 1.20. The average molecular weight is 506 g/mol. The molecule has 0 aromatic carbocycles. The molecule has 7 heterocycles. The minimum absolute atomic E-state index is 0.293. The van der Waals surface area contributed by atoms with Crippen molar-refractivity contribution in [3.8, 4) is 0 Å². The molecule has 1 saturated heterocycles. The zero-order chi connectivity index (χ0) is 23.2. The minimum Gasteiger partial charge on any atom is -0.431 e. The van der Waals surface area contributed by atoms with Crippen molar-refractivity contribution in [1.82, 2.24) is 39.7 Å². The average Bonchev–Trinajstić information content (AvgIpc) is 3.71. The molecule has 0 amide bonds. The van der Waals surface area contributed by atoms with Gasteiger partial charge in [-0.2, -0.15) is 19.6 Å². The van der Waals surface area contributed by atoms with E-state index in [4.69, 9.17) is 13.9 Å². The highest BCUT2D eigenvalue weighted by Gasteiger charge is 2.66. The number of nitrogens with one attached hydrogen (secondary N) is 2. The van der Waals surface area contributed by atoms with Crippen LogP contribution in [0.15, 0.2) is 81.4 Å². The van der Waals surface area contributed by atoms with Gasteiger partial charge in [0.2, 0.25) is 5.13 Å². The molecule has 0 saturated carbocycles. The van der Waals surface area contributed by atoms with Gasteiger partial charge in [0.05, 0.1) is 11.9 Å². The summed E-state index contributed by atoms with van der Waals surface area (Å²) >= 11 is 2.81. The first-order chi connectivity index (χ1) is 17.4. The van der Waals surface area contributed by atoms with Gasteiger partial charge < -0.3 is 13.9 Å². The van der Waals surface area contributed by atoms with Crippen LogP contribution in [0.3, 0.4) is 0 Å². The predicted octanol–water partition coefficient (Wildman–Crippen LogP) is 3.37. The number of hydrogen-bond acceptors (Lipinski definition) is 13. The lowest BCUT2D eigenvalue weighted by atomic mass is 9.83. The van der Waals surface area contributed by atoms with Gasteiger partial charge in [0.1, 0.15) is 30.1 Å². The van der Waals surface area contributed by atoms with Crippen molar-refractivity contribution in [1.29, 1.82) is 0 Å². The highest BCUT2D eigenvalue weighted by Crippen LogP contribution is 2.56. The fraction of sp³-hybridized carbons (Fsp3) is 0.100. The zero-order valence-corrected chi connectivity index (χ0v) is 19.3. The molecule has 1 fully saturated rings. The second-order valence-electron chi connectivity index (χ2n) is 7.44. The van der Waals surface area contributed by atoms with E-state index in [-0.39, 0.29) is 0 Å². The van der Waals surface area contributed by atoms with Crippen LogP contribution in [0, 0.1) is 0 Å². The highest BCUT2D eigenvalue weighted by molar-refractivity contribution is 7.13. The summed E-state index contributed by atoms with van der Waals surface area (Å²) in [6.45, 7) is 0. The fourth-order valence-corrected chi connectivity index (χ4v) is 5.64. The van der Waals surface area contributed by atoms with Gasteiger partial charge in [-0.05, 0) is 23.7 Å². The summed E-state index contributed by atoms with van der Waals surface area (Å²) in [4.78, 5) is 17.2. The predicted molar refractivity (Wildman–Crippen MR) is 125 cm³/mol. The molecule has 0 aliphatic carbocycles.